The van der Waals surface area contributed by atoms with Crippen LogP contribution in [0.5, 0.6) is 11.5 Å². The molecule has 9 nitrogen and oxygen atoms in total. The van der Waals surface area contributed by atoms with Crippen LogP contribution in [0.25, 0.3) is 0 Å². The van der Waals surface area contributed by atoms with Gasteiger partial charge in [0.05, 0.1) is 48.8 Å². The average Bonchev–Trinajstić information content (AvgIpc) is 3.31. The number of amides is 2. The molecule has 9 heteroatoms. The van der Waals surface area contributed by atoms with E-state index in [-0.39, 0.29) is 63.7 Å². The summed E-state index contributed by atoms with van der Waals surface area (Å²) in [5.41, 5.74) is -0.0343. The van der Waals surface area contributed by atoms with Crippen LogP contribution < -0.4 is 9.47 Å². The average molecular weight is 397 g/mol. The molecule has 0 N–H and O–H groups in total. The Labute approximate surface area is 166 Å². The second kappa shape index (κ2) is 5.88. The molecular formula is C20H19N3O6. The molecule has 4 atom stereocenters. The van der Waals surface area contributed by atoms with Gasteiger partial charge in [-0.1, -0.05) is 12.2 Å². The van der Waals surface area contributed by atoms with Crippen molar-refractivity contribution in [3.63, 3.8) is 0 Å². The lowest BCUT2D eigenvalue weighted by Gasteiger charge is -2.18. The molecule has 0 radical (unpaired) electrons. The molecular weight excluding hydrogens is 378 g/mol. The first kappa shape index (κ1) is 17.8. The summed E-state index contributed by atoms with van der Waals surface area (Å²) in [7, 11) is 2.79. The molecule has 1 aromatic rings. The van der Waals surface area contributed by atoms with Crippen molar-refractivity contribution >= 4 is 23.7 Å². The van der Waals surface area contributed by atoms with Gasteiger partial charge in [-0.25, -0.2) is 0 Å². The lowest BCUT2D eigenvalue weighted by Crippen LogP contribution is -2.30. The van der Waals surface area contributed by atoms with Gasteiger partial charge in [0, 0.05) is 0 Å². The molecule has 2 saturated carbocycles. The van der Waals surface area contributed by atoms with Crippen LogP contribution in [0.4, 0.5) is 5.69 Å². The quantitative estimate of drug-likeness (QED) is 0.247. The summed E-state index contributed by atoms with van der Waals surface area (Å²) in [5, 5.41) is 16.4. The highest BCUT2D eigenvalue weighted by Gasteiger charge is 2.73. The fourth-order valence-electron chi connectivity index (χ4n) is 5.44. The summed E-state index contributed by atoms with van der Waals surface area (Å²) in [6, 6.07) is 2.63. The maximum Gasteiger partial charge on any atom is 0.282 e. The fraction of sp³-hybridized carbons (Fsp3) is 0.450. The van der Waals surface area contributed by atoms with E-state index in [4.69, 9.17) is 9.47 Å². The molecule has 150 valence electrons. The zero-order valence-electron chi connectivity index (χ0n) is 15.9. The minimum Gasteiger partial charge on any atom is -0.493 e. The van der Waals surface area contributed by atoms with Crippen molar-refractivity contribution < 1.29 is 24.0 Å². The highest BCUT2D eigenvalue weighted by molar-refractivity contribution is 6.07. The van der Waals surface area contributed by atoms with Crippen LogP contribution in [0.3, 0.4) is 0 Å². The fourth-order valence-corrected chi connectivity index (χ4v) is 5.44. The van der Waals surface area contributed by atoms with E-state index in [1.54, 1.807) is 0 Å². The number of fused-ring (bicyclic) bond motifs is 3. The van der Waals surface area contributed by atoms with Crippen LogP contribution in [0, 0.1) is 39.2 Å². The van der Waals surface area contributed by atoms with Crippen molar-refractivity contribution in [2.45, 2.75) is 12.8 Å². The van der Waals surface area contributed by atoms with E-state index in [0.717, 1.165) is 17.9 Å². The van der Waals surface area contributed by atoms with Crippen LogP contribution >= 0.6 is 0 Å². The Morgan fingerprint density at radius 2 is 1.66 bits per heavy atom. The summed E-state index contributed by atoms with van der Waals surface area (Å²) in [5.74, 6) is -0.667. The molecule has 2 bridgehead atoms. The highest BCUT2D eigenvalue weighted by Crippen LogP contribution is 2.73. The minimum absolute atomic E-state index is 0.101. The number of imide groups is 1. The predicted octanol–water partition coefficient (Wildman–Crippen LogP) is 2.14. The van der Waals surface area contributed by atoms with E-state index >= 15 is 0 Å². The molecule has 1 aromatic carbocycles. The van der Waals surface area contributed by atoms with Crippen LogP contribution in [-0.2, 0) is 9.59 Å². The van der Waals surface area contributed by atoms with Gasteiger partial charge in [-0.2, -0.15) is 10.1 Å². The molecule has 0 aromatic heterocycles. The zero-order valence-corrected chi connectivity index (χ0v) is 15.9. The third-order valence-corrected chi connectivity index (χ3v) is 6.87. The number of carbonyl (C=O) groups excluding carboxylic acids is 2. The SMILES string of the molecule is COc1cc(/C=N\N2C(=O)[C@H]3[C@H](C2=O)[C@H]2C=C[C@H]3C23CC3)c([N+](=O)[O-])cc1OC. The van der Waals surface area contributed by atoms with Crippen molar-refractivity contribution in [1.82, 2.24) is 5.01 Å². The lowest BCUT2D eigenvalue weighted by molar-refractivity contribution is -0.385. The number of benzene rings is 1. The topological polar surface area (TPSA) is 111 Å². The minimum atomic E-state index is -0.577. The lowest BCUT2D eigenvalue weighted by atomic mass is 9.85. The summed E-state index contributed by atoms with van der Waals surface area (Å²) in [6.45, 7) is 0. The van der Waals surface area contributed by atoms with E-state index in [9.17, 15) is 19.7 Å². The molecule has 3 aliphatic carbocycles. The smallest absolute Gasteiger partial charge is 0.282 e. The molecule has 1 heterocycles. The summed E-state index contributed by atoms with van der Waals surface area (Å²) in [6.07, 6.45) is 7.44. The van der Waals surface area contributed by atoms with E-state index in [0.29, 0.717) is 0 Å². The van der Waals surface area contributed by atoms with Gasteiger partial charge in [-0.3, -0.25) is 19.7 Å². The van der Waals surface area contributed by atoms with Crippen molar-refractivity contribution in [1.29, 1.82) is 0 Å². The largest absolute Gasteiger partial charge is 0.493 e. The second-order valence-corrected chi connectivity index (χ2v) is 7.98. The number of rotatable bonds is 5. The third-order valence-electron chi connectivity index (χ3n) is 6.87. The first-order valence-electron chi connectivity index (χ1n) is 9.43. The van der Waals surface area contributed by atoms with Crippen molar-refractivity contribution in [2.75, 3.05) is 14.2 Å². The highest BCUT2D eigenvalue weighted by atomic mass is 16.6. The predicted molar refractivity (Wildman–Crippen MR) is 100 cm³/mol. The first-order valence-corrected chi connectivity index (χ1v) is 9.43. The van der Waals surface area contributed by atoms with E-state index in [2.05, 4.69) is 17.3 Å². The van der Waals surface area contributed by atoms with E-state index in [1.165, 1.54) is 32.6 Å². The van der Waals surface area contributed by atoms with Gasteiger partial charge in [-0.05, 0) is 36.2 Å². The van der Waals surface area contributed by atoms with Gasteiger partial charge >= 0.3 is 0 Å². The Bertz CT molecular complexity index is 978. The van der Waals surface area contributed by atoms with Crippen LogP contribution in [0.2, 0.25) is 0 Å². The van der Waals surface area contributed by atoms with E-state index in [1.807, 2.05) is 0 Å². The normalized spacial score (nSPS) is 30.5. The number of allylic oxidation sites excluding steroid dienone is 2. The van der Waals surface area contributed by atoms with Gasteiger partial charge in [0.25, 0.3) is 17.5 Å². The van der Waals surface area contributed by atoms with Crippen molar-refractivity contribution in [2.24, 2.45) is 34.2 Å². The number of hydrogen-bond donors (Lipinski definition) is 0. The Morgan fingerprint density at radius 1 is 1.10 bits per heavy atom. The molecule has 4 aliphatic rings. The number of ether oxygens (including phenoxy) is 2. The molecule has 0 unspecified atom stereocenters. The Kier molecular flexibility index (Phi) is 3.62. The number of nitrogens with zero attached hydrogens (tertiary/aromatic N) is 3. The maximum absolute atomic E-state index is 12.9. The van der Waals surface area contributed by atoms with Crippen LogP contribution in [0.1, 0.15) is 18.4 Å². The second-order valence-electron chi connectivity index (χ2n) is 7.98. The molecule has 1 spiro atoms. The number of hydrogen-bond acceptors (Lipinski definition) is 7. The molecule has 1 saturated heterocycles. The summed E-state index contributed by atoms with van der Waals surface area (Å²) < 4.78 is 10.3. The van der Waals surface area contributed by atoms with Crippen LogP contribution in [-0.4, -0.2) is 42.2 Å². The van der Waals surface area contributed by atoms with Gasteiger partial charge in [0.15, 0.2) is 11.5 Å². The monoisotopic (exact) mass is 397 g/mol. The van der Waals surface area contributed by atoms with Gasteiger partial charge in [-0.15, -0.1) is 0 Å². The molecule has 2 amide bonds. The molecule has 29 heavy (non-hydrogen) atoms. The number of hydrazone groups is 1. The zero-order chi connectivity index (χ0) is 20.5. The molecule has 1 aliphatic heterocycles. The van der Waals surface area contributed by atoms with Gasteiger partial charge in [0.1, 0.15) is 0 Å². The third kappa shape index (κ3) is 2.24. The number of methoxy groups -OCH3 is 2. The molecule has 3 fully saturated rings. The standard InChI is InChI=1S/C20H19N3O6/c1-28-14-7-10(13(23(26)27)8-15(14)29-2)9-21-22-18(24)16-11-3-4-12(17(16)19(22)25)20(11)5-6-20/h3-4,7-9,11-12,16-17H,5-6H2,1-2H3/b21-9-/t11-,12-,16-,17-/m1/s1. The Balaban J connectivity index is 1.47. The number of nitro benzene ring substituents is 1. The summed E-state index contributed by atoms with van der Waals surface area (Å²) in [4.78, 5) is 36.8. The number of nitro groups is 1. The first-order chi connectivity index (χ1) is 13.9. The van der Waals surface area contributed by atoms with Gasteiger partial charge in [0.2, 0.25) is 0 Å². The number of carbonyl (C=O) groups is 2. The van der Waals surface area contributed by atoms with Crippen LogP contribution in [0.15, 0.2) is 29.4 Å². The summed E-state index contributed by atoms with van der Waals surface area (Å²) >= 11 is 0. The van der Waals surface area contributed by atoms with Gasteiger partial charge < -0.3 is 9.47 Å². The Hall–Kier alpha value is -3.23. The van der Waals surface area contributed by atoms with Crippen molar-refractivity contribution in [3.05, 3.63) is 40.0 Å². The van der Waals surface area contributed by atoms with E-state index < -0.39 is 4.92 Å². The Morgan fingerprint density at radius 3 is 2.14 bits per heavy atom. The van der Waals surface area contributed by atoms with Crippen molar-refractivity contribution in [3.8, 4) is 11.5 Å². The maximum atomic E-state index is 12.9. The molecule has 5 rings (SSSR count).